The predicted molar refractivity (Wildman–Crippen MR) is 59.6 cm³/mol. The molecule has 76 valence electrons. The highest BCUT2D eigenvalue weighted by Gasteiger charge is 2.31. The number of aromatic nitrogens is 1. The van der Waals surface area contributed by atoms with E-state index in [0.717, 1.165) is 11.6 Å². The molecule has 3 nitrogen and oxygen atoms in total. The molecule has 2 rings (SSSR count). The maximum absolute atomic E-state index is 11.6. The van der Waals surface area contributed by atoms with Crippen molar-refractivity contribution in [3.63, 3.8) is 0 Å². The van der Waals surface area contributed by atoms with Crippen molar-refractivity contribution in [2.24, 2.45) is 0 Å². The number of nitrogens with zero attached hydrogens (tertiary/aromatic N) is 2. The van der Waals surface area contributed by atoms with Crippen LogP contribution in [0.5, 0.6) is 0 Å². The minimum Gasteiger partial charge on any atom is -0.332 e. The van der Waals surface area contributed by atoms with E-state index in [0.29, 0.717) is 6.42 Å². The van der Waals surface area contributed by atoms with Crippen molar-refractivity contribution in [3.8, 4) is 0 Å². The molecule has 2 unspecified atom stereocenters. The van der Waals surface area contributed by atoms with Gasteiger partial charge < -0.3 is 4.90 Å². The Morgan fingerprint density at radius 1 is 1.79 bits per heavy atom. The third-order valence-electron chi connectivity index (χ3n) is 2.41. The Bertz CT molecular complexity index is 326. The molecule has 0 N–H and O–H groups in total. The highest BCUT2D eigenvalue weighted by Crippen LogP contribution is 2.28. The first-order chi connectivity index (χ1) is 6.68. The van der Waals surface area contributed by atoms with Gasteiger partial charge >= 0.3 is 0 Å². The Morgan fingerprint density at radius 3 is 3.07 bits per heavy atom. The van der Waals surface area contributed by atoms with Crippen LogP contribution in [0.1, 0.15) is 24.4 Å². The van der Waals surface area contributed by atoms with Crippen LogP contribution in [0.4, 0.5) is 0 Å². The Labute approximate surface area is 92.6 Å². The van der Waals surface area contributed by atoms with Crippen molar-refractivity contribution in [2.75, 3.05) is 6.54 Å². The number of carbonyl (C=O) groups excluding carboxylic acids is 1. The maximum Gasteiger partial charge on any atom is 0.224 e. The van der Waals surface area contributed by atoms with Gasteiger partial charge in [-0.25, -0.2) is 4.98 Å². The van der Waals surface area contributed by atoms with Crippen molar-refractivity contribution < 1.29 is 4.79 Å². The topological polar surface area (TPSA) is 33.2 Å². The summed E-state index contributed by atoms with van der Waals surface area (Å²) in [4.78, 5) is 17.7. The van der Waals surface area contributed by atoms with Gasteiger partial charge in [0.25, 0.3) is 0 Å². The molecule has 1 aliphatic heterocycles. The summed E-state index contributed by atoms with van der Waals surface area (Å²) in [7, 11) is 0. The first-order valence-electron chi connectivity index (χ1n) is 4.55. The summed E-state index contributed by atoms with van der Waals surface area (Å²) in [6, 6.07) is 0.0969. The molecule has 2 atom stereocenters. The first kappa shape index (κ1) is 9.98. The van der Waals surface area contributed by atoms with E-state index >= 15 is 0 Å². The lowest BCUT2D eigenvalue weighted by Crippen LogP contribution is -2.28. The van der Waals surface area contributed by atoms with Gasteiger partial charge in [0.2, 0.25) is 5.91 Å². The van der Waals surface area contributed by atoms with E-state index in [2.05, 4.69) is 17.6 Å². The molecule has 14 heavy (non-hydrogen) atoms. The average molecular weight is 228 g/mol. The summed E-state index contributed by atoms with van der Waals surface area (Å²) in [5.74, 6) is 0.188. The van der Waals surface area contributed by atoms with Crippen LogP contribution in [-0.2, 0) is 4.79 Å². The van der Waals surface area contributed by atoms with Crippen LogP contribution in [0, 0.1) is 0 Å². The molecule has 1 saturated heterocycles. The van der Waals surface area contributed by atoms with E-state index in [4.69, 9.17) is 0 Å². The van der Waals surface area contributed by atoms with Crippen molar-refractivity contribution in [2.45, 2.75) is 24.6 Å². The smallest absolute Gasteiger partial charge is 0.224 e. The predicted octanol–water partition coefficient (Wildman–Crippen LogP) is 1.73. The summed E-state index contributed by atoms with van der Waals surface area (Å²) >= 11 is 5.91. The van der Waals surface area contributed by atoms with Crippen LogP contribution < -0.4 is 0 Å². The molecule has 2 heterocycles. The number of hydrogen-bond donors (Lipinski definition) is 1. The molecule has 1 fully saturated rings. The lowest BCUT2D eigenvalue weighted by Gasteiger charge is -2.22. The molecular formula is C9H12N2OS2. The lowest BCUT2D eigenvalue weighted by atomic mass is 10.3. The van der Waals surface area contributed by atoms with Gasteiger partial charge in [-0.05, 0) is 6.92 Å². The fourth-order valence-electron chi connectivity index (χ4n) is 1.66. The molecule has 1 amide bonds. The Kier molecular flexibility index (Phi) is 2.78. The van der Waals surface area contributed by atoms with E-state index < -0.39 is 0 Å². The standard InChI is InChI=1S/C9H12N2OS2/c1-6(9-10-2-3-14-9)11-5-7(13)4-8(11)12/h2-3,6-7,13H,4-5H2,1H3. The zero-order chi connectivity index (χ0) is 10.1. The monoisotopic (exact) mass is 228 g/mol. The third kappa shape index (κ3) is 1.79. The molecule has 0 radical (unpaired) electrons. The molecule has 1 aliphatic rings. The minimum absolute atomic E-state index is 0.0969. The van der Waals surface area contributed by atoms with Gasteiger partial charge in [-0.3, -0.25) is 4.79 Å². The largest absolute Gasteiger partial charge is 0.332 e. The Balaban J connectivity index is 2.12. The van der Waals surface area contributed by atoms with Crippen LogP contribution in [0.3, 0.4) is 0 Å². The number of rotatable bonds is 2. The second-order valence-electron chi connectivity index (χ2n) is 3.45. The summed E-state index contributed by atoms with van der Waals surface area (Å²) in [6.07, 6.45) is 2.33. The van der Waals surface area contributed by atoms with Crippen LogP contribution in [0.25, 0.3) is 0 Å². The van der Waals surface area contributed by atoms with E-state index in [1.165, 1.54) is 0 Å². The minimum atomic E-state index is 0.0969. The number of thiol groups is 1. The Hall–Kier alpha value is -0.550. The van der Waals surface area contributed by atoms with Crippen molar-refractivity contribution >= 4 is 29.9 Å². The van der Waals surface area contributed by atoms with E-state index in [1.807, 2.05) is 17.2 Å². The van der Waals surface area contributed by atoms with Crippen molar-refractivity contribution in [1.82, 2.24) is 9.88 Å². The van der Waals surface area contributed by atoms with Crippen LogP contribution in [0.2, 0.25) is 0 Å². The summed E-state index contributed by atoms with van der Waals surface area (Å²) in [5.41, 5.74) is 0. The Morgan fingerprint density at radius 2 is 2.57 bits per heavy atom. The summed E-state index contributed by atoms with van der Waals surface area (Å²) < 4.78 is 0. The SMILES string of the molecule is CC(c1nccs1)N1CC(S)CC1=O. The molecule has 0 spiro atoms. The third-order valence-corrected chi connectivity index (χ3v) is 3.71. The quantitative estimate of drug-likeness (QED) is 0.782. The van der Waals surface area contributed by atoms with Crippen molar-refractivity contribution in [3.05, 3.63) is 16.6 Å². The maximum atomic E-state index is 11.6. The van der Waals surface area contributed by atoms with E-state index in [1.54, 1.807) is 17.5 Å². The number of carbonyl (C=O) groups is 1. The average Bonchev–Trinajstić information content (AvgIpc) is 2.73. The zero-order valence-electron chi connectivity index (χ0n) is 7.88. The molecule has 0 aliphatic carbocycles. The number of amides is 1. The van der Waals surface area contributed by atoms with E-state index in [-0.39, 0.29) is 17.2 Å². The lowest BCUT2D eigenvalue weighted by molar-refractivity contribution is -0.129. The number of likely N-dealkylation sites (tertiary alicyclic amines) is 1. The van der Waals surface area contributed by atoms with Gasteiger partial charge in [-0.15, -0.1) is 11.3 Å². The van der Waals surface area contributed by atoms with Gasteiger partial charge in [0.05, 0.1) is 6.04 Å². The highest BCUT2D eigenvalue weighted by molar-refractivity contribution is 7.81. The highest BCUT2D eigenvalue weighted by atomic mass is 32.1. The van der Waals surface area contributed by atoms with E-state index in [9.17, 15) is 4.79 Å². The zero-order valence-corrected chi connectivity index (χ0v) is 9.59. The van der Waals surface area contributed by atoms with Gasteiger partial charge in [0, 0.05) is 29.8 Å². The molecular weight excluding hydrogens is 216 g/mol. The fraction of sp³-hybridized carbons (Fsp3) is 0.556. The summed E-state index contributed by atoms with van der Waals surface area (Å²) in [6.45, 7) is 2.76. The second-order valence-corrected chi connectivity index (χ2v) is 5.11. The van der Waals surface area contributed by atoms with Gasteiger partial charge in [-0.2, -0.15) is 12.6 Å². The fourth-order valence-corrected chi connectivity index (χ4v) is 2.70. The van der Waals surface area contributed by atoms with Crippen LogP contribution >= 0.6 is 24.0 Å². The van der Waals surface area contributed by atoms with Crippen LogP contribution in [0.15, 0.2) is 11.6 Å². The normalized spacial score (nSPS) is 24.3. The summed E-state index contributed by atoms with van der Waals surface area (Å²) in [5, 5.41) is 3.12. The van der Waals surface area contributed by atoms with Crippen molar-refractivity contribution in [1.29, 1.82) is 0 Å². The molecule has 1 aromatic rings. The molecule has 1 aromatic heterocycles. The second kappa shape index (κ2) is 3.90. The number of hydrogen-bond acceptors (Lipinski definition) is 4. The van der Waals surface area contributed by atoms with Crippen LogP contribution in [-0.4, -0.2) is 27.6 Å². The molecule has 0 aromatic carbocycles. The number of thiazole rings is 1. The van der Waals surface area contributed by atoms with Gasteiger partial charge in [0.1, 0.15) is 5.01 Å². The molecule has 0 saturated carbocycles. The van der Waals surface area contributed by atoms with Gasteiger partial charge in [0.15, 0.2) is 0 Å². The van der Waals surface area contributed by atoms with Gasteiger partial charge in [-0.1, -0.05) is 0 Å². The molecule has 0 bridgehead atoms. The molecule has 5 heteroatoms. The first-order valence-corrected chi connectivity index (χ1v) is 5.95.